The lowest BCUT2D eigenvalue weighted by Crippen LogP contribution is -2.44. The van der Waals surface area contributed by atoms with Gasteiger partial charge in [-0.3, -0.25) is 19.4 Å². The molecule has 0 spiro atoms. The van der Waals surface area contributed by atoms with Crippen LogP contribution in [0.15, 0.2) is 53.5 Å². The first-order valence-corrected chi connectivity index (χ1v) is 13.4. The Balaban J connectivity index is 1.36. The lowest BCUT2D eigenvalue weighted by Gasteiger charge is -2.35. The zero-order valence-corrected chi connectivity index (χ0v) is 22.7. The van der Waals surface area contributed by atoms with Gasteiger partial charge in [-0.1, -0.05) is 32.1 Å². The van der Waals surface area contributed by atoms with Gasteiger partial charge in [-0.2, -0.15) is 4.98 Å². The van der Waals surface area contributed by atoms with Crippen LogP contribution < -0.4 is 20.5 Å². The number of pyridine rings is 1. The third-order valence-corrected chi connectivity index (χ3v) is 7.67. The van der Waals surface area contributed by atoms with Crippen molar-refractivity contribution in [3.05, 3.63) is 70.2 Å². The molecule has 0 radical (unpaired) electrons. The smallest absolute Gasteiger partial charge is 0.278 e. The minimum Gasteiger partial charge on any atom is -0.480 e. The van der Waals surface area contributed by atoms with Gasteiger partial charge in [0.25, 0.3) is 11.5 Å². The highest BCUT2D eigenvalue weighted by Crippen LogP contribution is 2.35. The molecule has 11 nitrogen and oxygen atoms in total. The van der Waals surface area contributed by atoms with Crippen molar-refractivity contribution >= 4 is 34.4 Å². The van der Waals surface area contributed by atoms with Crippen LogP contribution in [0.2, 0.25) is 0 Å². The molecule has 1 amide bonds. The van der Waals surface area contributed by atoms with E-state index in [4.69, 9.17) is 14.7 Å². The topological polar surface area (TPSA) is 110 Å². The van der Waals surface area contributed by atoms with Crippen molar-refractivity contribution in [2.75, 3.05) is 30.4 Å². The monoisotopic (exact) mass is 538 g/mol. The predicted octanol–water partition coefficient (Wildman–Crippen LogP) is 3.38. The summed E-state index contributed by atoms with van der Waals surface area (Å²) < 4.78 is 9.01. The summed E-state index contributed by atoms with van der Waals surface area (Å²) >= 11 is 0. The van der Waals surface area contributed by atoms with Crippen molar-refractivity contribution in [2.45, 2.75) is 39.9 Å². The van der Waals surface area contributed by atoms with Crippen LogP contribution in [0.25, 0.3) is 16.9 Å². The molecule has 0 atom stereocenters. The van der Waals surface area contributed by atoms with Gasteiger partial charge in [0, 0.05) is 31.5 Å². The van der Waals surface area contributed by atoms with E-state index in [1.165, 1.54) is 11.1 Å². The molecule has 0 aliphatic carbocycles. The Morgan fingerprint density at radius 3 is 2.75 bits per heavy atom. The summed E-state index contributed by atoms with van der Waals surface area (Å²) in [6.45, 7) is 6.86. The molecular weight excluding hydrogens is 508 g/mol. The number of carbonyl (C=O) groups excluding carboxylic acids is 1. The minimum atomic E-state index is -0.216. The number of allylic oxidation sites excluding steroid dienone is 2. The maximum absolute atomic E-state index is 13.6. The Hall–Kier alpha value is -4.51. The van der Waals surface area contributed by atoms with E-state index in [0.717, 1.165) is 25.2 Å². The lowest BCUT2D eigenvalue weighted by molar-refractivity contribution is -0.121. The largest absolute Gasteiger partial charge is 0.480 e. The van der Waals surface area contributed by atoms with Gasteiger partial charge in [-0.15, -0.1) is 0 Å². The number of nitrogens with zero attached hydrogens (tertiary/aromatic N) is 7. The maximum atomic E-state index is 13.6. The quantitative estimate of drug-likeness (QED) is 0.387. The molecule has 0 saturated heterocycles. The fourth-order valence-corrected chi connectivity index (χ4v) is 5.68. The van der Waals surface area contributed by atoms with Gasteiger partial charge < -0.3 is 10.1 Å². The SMILES string of the molecule is CN1Cc2ccc(Nc3ncc4c(=O)n5n(c4n3)-c3ccc4c(n3)N(CC(C)(C)CC=CC5)C(=O)CO4)cc2C1. The third-order valence-electron chi connectivity index (χ3n) is 7.67. The van der Waals surface area contributed by atoms with Crippen molar-refractivity contribution in [3.63, 3.8) is 0 Å². The summed E-state index contributed by atoms with van der Waals surface area (Å²) in [6, 6.07) is 9.84. The van der Waals surface area contributed by atoms with Crippen LogP contribution in [0.4, 0.5) is 17.5 Å². The molecule has 0 unspecified atom stereocenters. The number of ether oxygens (including phenoxy) is 1. The van der Waals surface area contributed by atoms with Crippen LogP contribution in [-0.2, 0) is 24.4 Å². The summed E-state index contributed by atoms with van der Waals surface area (Å²) in [5.74, 6) is 1.68. The van der Waals surface area contributed by atoms with Crippen LogP contribution in [0.5, 0.6) is 5.75 Å². The Morgan fingerprint density at radius 2 is 1.88 bits per heavy atom. The first-order valence-electron chi connectivity index (χ1n) is 13.4. The molecular formula is C29H30N8O3. The molecule has 2 bridgehead atoms. The molecule has 6 heterocycles. The number of rotatable bonds is 2. The standard InChI is InChI=1S/C29H30N8O3/c1-29(2)10-4-5-11-36-27(39)21-13-30-28(31-20-7-6-18-14-34(3)15-19(18)12-20)33-25(21)37(36)23-9-8-22-26(32-23)35(17-29)24(38)16-40-22/h4-9,12-13H,10-11,14-17H2,1-3H3,(H,30,31,33). The predicted molar refractivity (Wildman–Crippen MR) is 151 cm³/mol. The van der Waals surface area contributed by atoms with Crippen molar-refractivity contribution < 1.29 is 9.53 Å². The molecule has 7 rings (SSSR count). The maximum Gasteiger partial charge on any atom is 0.278 e. The Labute approximate surface area is 230 Å². The average molecular weight is 539 g/mol. The highest BCUT2D eigenvalue weighted by molar-refractivity contribution is 5.97. The molecule has 1 aromatic carbocycles. The second-order valence-corrected chi connectivity index (χ2v) is 11.5. The van der Waals surface area contributed by atoms with Crippen LogP contribution >= 0.6 is 0 Å². The molecule has 4 aromatic rings. The zero-order chi connectivity index (χ0) is 27.6. The van der Waals surface area contributed by atoms with Crippen molar-refractivity contribution in [3.8, 4) is 11.6 Å². The number of anilines is 3. The molecule has 0 saturated carbocycles. The van der Waals surface area contributed by atoms with E-state index in [0.29, 0.717) is 47.5 Å². The van der Waals surface area contributed by atoms with Gasteiger partial charge in [0.15, 0.2) is 29.6 Å². The number of hydrogen-bond acceptors (Lipinski definition) is 8. The molecule has 0 fully saturated rings. The summed E-state index contributed by atoms with van der Waals surface area (Å²) in [5.41, 5.74) is 3.48. The molecule has 1 N–H and O–H groups in total. The van der Waals surface area contributed by atoms with E-state index < -0.39 is 0 Å². The molecule has 11 heteroatoms. The second kappa shape index (κ2) is 9.02. The van der Waals surface area contributed by atoms with Gasteiger partial charge in [0.1, 0.15) is 5.39 Å². The molecule has 3 aromatic heterocycles. The highest BCUT2D eigenvalue weighted by atomic mass is 16.5. The number of carbonyl (C=O) groups is 1. The van der Waals surface area contributed by atoms with Crippen LogP contribution in [0.3, 0.4) is 0 Å². The fraction of sp³-hybridized carbons (Fsp3) is 0.345. The van der Waals surface area contributed by atoms with Gasteiger partial charge in [0.2, 0.25) is 5.95 Å². The van der Waals surface area contributed by atoms with E-state index in [9.17, 15) is 9.59 Å². The van der Waals surface area contributed by atoms with E-state index >= 15 is 0 Å². The first-order chi connectivity index (χ1) is 19.3. The molecule has 204 valence electrons. The summed E-state index contributed by atoms with van der Waals surface area (Å²) in [6.07, 6.45) is 6.33. The molecule has 3 aliphatic heterocycles. The summed E-state index contributed by atoms with van der Waals surface area (Å²) in [4.78, 5) is 44.6. The summed E-state index contributed by atoms with van der Waals surface area (Å²) in [5, 5.41) is 3.69. The van der Waals surface area contributed by atoms with E-state index in [1.807, 2.05) is 12.1 Å². The van der Waals surface area contributed by atoms with Gasteiger partial charge in [-0.05, 0) is 54.3 Å². The van der Waals surface area contributed by atoms with Crippen molar-refractivity contribution in [2.24, 2.45) is 5.41 Å². The van der Waals surface area contributed by atoms with E-state index in [-0.39, 0.29) is 23.5 Å². The average Bonchev–Trinajstić information content (AvgIpc) is 3.43. The number of benzene rings is 1. The number of nitrogens with one attached hydrogen (secondary N) is 1. The van der Waals surface area contributed by atoms with Crippen LogP contribution in [0.1, 0.15) is 31.4 Å². The van der Waals surface area contributed by atoms with Crippen LogP contribution in [-0.4, -0.2) is 55.3 Å². The Kier molecular flexibility index (Phi) is 5.53. The van der Waals surface area contributed by atoms with Crippen molar-refractivity contribution in [1.29, 1.82) is 0 Å². The highest BCUT2D eigenvalue weighted by Gasteiger charge is 2.33. The lowest BCUT2D eigenvalue weighted by atomic mass is 9.88. The van der Waals surface area contributed by atoms with E-state index in [2.05, 4.69) is 54.3 Å². The number of hydrogen-bond donors (Lipinski definition) is 1. The Morgan fingerprint density at radius 1 is 1.02 bits per heavy atom. The summed E-state index contributed by atoms with van der Waals surface area (Å²) in [7, 11) is 2.10. The van der Waals surface area contributed by atoms with Crippen molar-refractivity contribution in [1.82, 2.24) is 29.2 Å². The fourth-order valence-electron chi connectivity index (χ4n) is 5.68. The first kappa shape index (κ1) is 24.5. The molecule has 40 heavy (non-hydrogen) atoms. The zero-order valence-electron chi connectivity index (χ0n) is 22.7. The second-order valence-electron chi connectivity index (χ2n) is 11.5. The van der Waals surface area contributed by atoms with Gasteiger partial charge in [-0.25, -0.2) is 19.3 Å². The number of amides is 1. The number of aromatic nitrogens is 5. The normalized spacial score (nSPS) is 18.1. The Bertz CT molecular complexity index is 1770. The van der Waals surface area contributed by atoms with E-state index in [1.54, 1.807) is 32.6 Å². The minimum absolute atomic E-state index is 0.0294. The third kappa shape index (κ3) is 4.13. The van der Waals surface area contributed by atoms with Gasteiger partial charge in [0.05, 0.1) is 6.54 Å². The van der Waals surface area contributed by atoms with Crippen LogP contribution in [0, 0.1) is 5.41 Å². The molecule has 3 aliphatic rings. The van der Waals surface area contributed by atoms with Gasteiger partial charge >= 0.3 is 0 Å². The number of fused-ring (bicyclic) bond motifs is 6.